The number of amides is 1. The summed E-state index contributed by atoms with van der Waals surface area (Å²) in [7, 11) is 2.14. The molecule has 6 heteroatoms. The highest BCUT2D eigenvalue weighted by Gasteiger charge is 2.30. The van der Waals surface area contributed by atoms with Crippen LogP contribution in [0.5, 0.6) is 0 Å². The van der Waals surface area contributed by atoms with Gasteiger partial charge in [-0.3, -0.25) is 4.79 Å². The average Bonchev–Trinajstić information content (AvgIpc) is 3.10. The lowest BCUT2D eigenvalue weighted by Crippen LogP contribution is -2.39. The van der Waals surface area contributed by atoms with Crippen molar-refractivity contribution < 1.29 is 9.53 Å². The van der Waals surface area contributed by atoms with Crippen molar-refractivity contribution in [2.45, 2.75) is 13.3 Å². The highest BCUT2D eigenvalue weighted by Crippen LogP contribution is 2.24. The van der Waals surface area contributed by atoms with Crippen molar-refractivity contribution in [3.8, 4) is 0 Å². The third kappa shape index (κ3) is 3.87. The molecule has 2 saturated heterocycles. The Hall–Kier alpha value is -1.66. The van der Waals surface area contributed by atoms with Gasteiger partial charge in [0.05, 0.1) is 18.8 Å². The van der Waals surface area contributed by atoms with Crippen LogP contribution in [0.3, 0.4) is 0 Å². The SMILES string of the molecule is CCN(C)CC1CCN(C(=O)c2cccnc2N2CCOCC2)C1. The first-order valence-corrected chi connectivity index (χ1v) is 8.94. The van der Waals surface area contributed by atoms with Crippen molar-refractivity contribution >= 4 is 11.7 Å². The summed E-state index contributed by atoms with van der Waals surface area (Å²) in [6, 6.07) is 3.77. The van der Waals surface area contributed by atoms with E-state index in [4.69, 9.17) is 4.74 Å². The zero-order valence-electron chi connectivity index (χ0n) is 14.8. The molecule has 3 rings (SSSR count). The molecule has 2 aliphatic heterocycles. The van der Waals surface area contributed by atoms with Crippen molar-refractivity contribution in [2.75, 3.05) is 64.4 Å². The largest absolute Gasteiger partial charge is 0.378 e. The standard InChI is InChI=1S/C18H28N4O2/c1-3-20(2)13-15-6-8-22(14-15)18(23)16-5-4-7-19-17(16)21-9-11-24-12-10-21/h4-5,7,15H,3,6,8-14H2,1-2H3. The van der Waals surface area contributed by atoms with Crippen LogP contribution >= 0.6 is 0 Å². The van der Waals surface area contributed by atoms with E-state index in [1.807, 2.05) is 17.0 Å². The van der Waals surface area contributed by atoms with Crippen molar-refractivity contribution in [2.24, 2.45) is 5.92 Å². The summed E-state index contributed by atoms with van der Waals surface area (Å²) < 4.78 is 5.41. The molecule has 2 aliphatic rings. The molecular formula is C18H28N4O2. The number of rotatable bonds is 5. The number of carbonyl (C=O) groups is 1. The number of hydrogen-bond acceptors (Lipinski definition) is 5. The molecule has 1 aromatic rings. The van der Waals surface area contributed by atoms with Crippen LogP contribution in [0.4, 0.5) is 5.82 Å². The van der Waals surface area contributed by atoms with Crippen LogP contribution < -0.4 is 4.90 Å². The summed E-state index contributed by atoms with van der Waals surface area (Å²) in [6.45, 7) is 8.94. The normalized spacial score (nSPS) is 21.5. The van der Waals surface area contributed by atoms with Gasteiger partial charge in [0, 0.05) is 38.9 Å². The predicted octanol–water partition coefficient (Wildman–Crippen LogP) is 1.33. The molecular weight excluding hydrogens is 304 g/mol. The van der Waals surface area contributed by atoms with E-state index in [9.17, 15) is 4.79 Å². The van der Waals surface area contributed by atoms with E-state index in [-0.39, 0.29) is 5.91 Å². The van der Waals surface area contributed by atoms with Gasteiger partial charge in [-0.2, -0.15) is 0 Å². The minimum Gasteiger partial charge on any atom is -0.378 e. The van der Waals surface area contributed by atoms with E-state index >= 15 is 0 Å². The molecule has 0 spiro atoms. The predicted molar refractivity (Wildman–Crippen MR) is 94.5 cm³/mol. The molecule has 0 bridgehead atoms. The van der Waals surface area contributed by atoms with Crippen LogP contribution in [-0.2, 0) is 4.74 Å². The molecule has 0 N–H and O–H groups in total. The van der Waals surface area contributed by atoms with Gasteiger partial charge in [-0.15, -0.1) is 0 Å². The third-order valence-electron chi connectivity index (χ3n) is 5.01. The van der Waals surface area contributed by atoms with E-state index in [0.29, 0.717) is 19.1 Å². The zero-order valence-corrected chi connectivity index (χ0v) is 14.8. The molecule has 132 valence electrons. The number of aromatic nitrogens is 1. The summed E-state index contributed by atoms with van der Waals surface area (Å²) in [5.74, 6) is 1.49. The molecule has 24 heavy (non-hydrogen) atoms. The molecule has 3 heterocycles. The molecule has 1 unspecified atom stereocenters. The van der Waals surface area contributed by atoms with Gasteiger partial charge in [-0.05, 0) is 38.1 Å². The Labute approximate surface area is 144 Å². The summed E-state index contributed by atoms with van der Waals surface area (Å²) in [4.78, 5) is 24.0. The highest BCUT2D eigenvalue weighted by atomic mass is 16.5. The first-order valence-electron chi connectivity index (χ1n) is 8.94. The van der Waals surface area contributed by atoms with Crippen LogP contribution in [0.25, 0.3) is 0 Å². The Bertz CT molecular complexity index is 560. The van der Waals surface area contributed by atoms with E-state index in [2.05, 4.69) is 28.8 Å². The molecule has 0 saturated carbocycles. The van der Waals surface area contributed by atoms with E-state index in [1.54, 1.807) is 6.20 Å². The molecule has 1 aromatic heterocycles. The van der Waals surface area contributed by atoms with Crippen LogP contribution in [-0.4, -0.2) is 80.2 Å². The summed E-state index contributed by atoms with van der Waals surface area (Å²) in [5.41, 5.74) is 0.726. The summed E-state index contributed by atoms with van der Waals surface area (Å²) in [6.07, 6.45) is 2.85. The summed E-state index contributed by atoms with van der Waals surface area (Å²) >= 11 is 0. The van der Waals surface area contributed by atoms with Gasteiger partial charge in [0.15, 0.2) is 0 Å². The van der Waals surface area contributed by atoms with E-state index in [0.717, 1.165) is 57.1 Å². The maximum atomic E-state index is 13.0. The van der Waals surface area contributed by atoms with Crippen molar-refractivity contribution in [1.29, 1.82) is 0 Å². The number of nitrogens with zero attached hydrogens (tertiary/aromatic N) is 4. The van der Waals surface area contributed by atoms with Crippen LogP contribution in [0.2, 0.25) is 0 Å². The van der Waals surface area contributed by atoms with Gasteiger partial charge in [0.1, 0.15) is 5.82 Å². The van der Waals surface area contributed by atoms with Crippen molar-refractivity contribution in [3.05, 3.63) is 23.9 Å². The van der Waals surface area contributed by atoms with Gasteiger partial charge in [0.2, 0.25) is 0 Å². The minimum atomic E-state index is 0.117. The number of pyridine rings is 1. The number of hydrogen-bond donors (Lipinski definition) is 0. The molecule has 0 radical (unpaired) electrons. The van der Waals surface area contributed by atoms with Gasteiger partial charge in [0.25, 0.3) is 5.91 Å². The average molecular weight is 332 g/mol. The third-order valence-corrected chi connectivity index (χ3v) is 5.01. The second kappa shape index (κ2) is 7.94. The molecule has 6 nitrogen and oxygen atoms in total. The lowest BCUT2D eigenvalue weighted by Gasteiger charge is -2.30. The first-order chi connectivity index (χ1) is 11.7. The molecule has 2 fully saturated rings. The number of anilines is 1. The topological polar surface area (TPSA) is 48.9 Å². The fourth-order valence-corrected chi connectivity index (χ4v) is 3.50. The van der Waals surface area contributed by atoms with Crippen LogP contribution in [0.1, 0.15) is 23.7 Å². The molecule has 1 atom stereocenters. The Morgan fingerprint density at radius 1 is 1.38 bits per heavy atom. The monoisotopic (exact) mass is 332 g/mol. The van der Waals surface area contributed by atoms with Gasteiger partial charge in [-0.1, -0.05) is 6.92 Å². The maximum Gasteiger partial charge on any atom is 0.257 e. The van der Waals surface area contributed by atoms with Gasteiger partial charge >= 0.3 is 0 Å². The van der Waals surface area contributed by atoms with Crippen LogP contribution in [0.15, 0.2) is 18.3 Å². The second-order valence-electron chi connectivity index (χ2n) is 6.73. The lowest BCUT2D eigenvalue weighted by molar-refractivity contribution is 0.0783. The Morgan fingerprint density at radius 2 is 2.17 bits per heavy atom. The highest BCUT2D eigenvalue weighted by molar-refractivity contribution is 5.99. The fourth-order valence-electron chi connectivity index (χ4n) is 3.50. The van der Waals surface area contributed by atoms with Crippen LogP contribution in [0, 0.1) is 5.92 Å². The van der Waals surface area contributed by atoms with E-state index < -0.39 is 0 Å². The number of likely N-dealkylation sites (tertiary alicyclic amines) is 1. The number of morpholine rings is 1. The smallest absolute Gasteiger partial charge is 0.257 e. The fraction of sp³-hybridized carbons (Fsp3) is 0.667. The van der Waals surface area contributed by atoms with Gasteiger partial charge < -0.3 is 19.4 Å². The molecule has 1 amide bonds. The van der Waals surface area contributed by atoms with Gasteiger partial charge in [-0.25, -0.2) is 4.98 Å². The van der Waals surface area contributed by atoms with Crippen molar-refractivity contribution in [3.63, 3.8) is 0 Å². The maximum absolute atomic E-state index is 13.0. The Morgan fingerprint density at radius 3 is 2.92 bits per heavy atom. The van der Waals surface area contributed by atoms with Crippen molar-refractivity contribution in [1.82, 2.24) is 14.8 Å². The Balaban J connectivity index is 1.69. The zero-order chi connectivity index (χ0) is 16.9. The quantitative estimate of drug-likeness (QED) is 0.814. The number of carbonyl (C=O) groups excluding carboxylic acids is 1. The Kier molecular flexibility index (Phi) is 5.68. The lowest BCUT2D eigenvalue weighted by atomic mass is 10.1. The minimum absolute atomic E-state index is 0.117. The summed E-state index contributed by atoms with van der Waals surface area (Å²) in [5, 5.41) is 0. The number of ether oxygens (including phenoxy) is 1. The molecule has 0 aliphatic carbocycles. The second-order valence-corrected chi connectivity index (χ2v) is 6.73. The van der Waals surface area contributed by atoms with E-state index in [1.165, 1.54) is 0 Å². The molecule has 0 aromatic carbocycles. The first kappa shape index (κ1) is 17.2.